The fourth-order valence-electron chi connectivity index (χ4n) is 6.39. The third-order valence-corrected chi connectivity index (χ3v) is 8.55. The molecule has 3 saturated heterocycles. The SMILES string of the molecule is CC1=C(C(=O)O)C(c2ccc(C#N)cc2C[N+]23CCN(CC2)CC3)n2c(n[nH]c2=O)N1c1cccc(C(F)(F)F)c1. The molecule has 1 aromatic heterocycles. The fourth-order valence-corrected chi connectivity index (χ4v) is 6.39. The number of quaternary nitrogens is 1. The lowest BCUT2D eigenvalue weighted by Crippen LogP contribution is -2.66. The number of halogens is 3. The van der Waals surface area contributed by atoms with Gasteiger partial charge in [0.1, 0.15) is 12.6 Å². The maximum absolute atomic E-state index is 13.6. The molecule has 13 heteroatoms. The summed E-state index contributed by atoms with van der Waals surface area (Å²) in [4.78, 5) is 29.8. The number of benzene rings is 2. The van der Waals surface area contributed by atoms with Gasteiger partial charge in [0.15, 0.2) is 0 Å². The number of nitrogens with zero attached hydrogens (tertiary/aromatic N) is 6. The molecular formula is C28H27F3N7O3+. The Balaban J connectivity index is 1.54. The summed E-state index contributed by atoms with van der Waals surface area (Å²) in [5.41, 5.74) is 0.0429. The Labute approximate surface area is 232 Å². The van der Waals surface area contributed by atoms with Crippen molar-refractivity contribution in [2.24, 2.45) is 0 Å². The fraction of sp³-hybridized carbons (Fsp3) is 0.357. The Kier molecular flexibility index (Phi) is 6.28. The second kappa shape index (κ2) is 9.60. The molecule has 1 unspecified atom stereocenters. The maximum Gasteiger partial charge on any atom is 0.416 e. The molecule has 0 amide bonds. The number of aromatic nitrogens is 3. The molecule has 2 N–H and O–H groups in total. The van der Waals surface area contributed by atoms with Gasteiger partial charge in [-0.05, 0) is 42.8 Å². The Bertz CT molecular complexity index is 1660. The van der Waals surface area contributed by atoms with Crippen LogP contribution < -0.4 is 10.6 Å². The second-order valence-electron chi connectivity index (χ2n) is 10.8. The number of carboxylic acid groups (broad SMARTS) is 1. The number of piperazine rings is 3. The largest absolute Gasteiger partial charge is 0.478 e. The number of aliphatic carboxylic acids is 1. The standard InChI is InChI=1S/C28H26F3N7O3/c1-17-23(25(39)40)24(22-6-5-18(15-32)13-19(22)16-38-10-7-35(8-11-38)9-12-38)37-26(33-34-27(37)41)36(17)21-4-2-3-20(14-21)28(29,30)31/h2-6,13-14,24H,7-12,16H2,1H3,(H-,34,39,40,41)/p+1. The normalized spacial score (nSPS) is 23.8. The van der Waals surface area contributed by atoms with Crippen LogP contribution in [0.2, 0.25) is 0 Å². The minimum Gasteiger partial charge on any atom is -0.478 e. The van der Waals surface area contributed by atoms with Crippen molar-refractivity contribution in [2.75, 3.05) is 44.2 Å². The van der Waals surface area contributed by atoms with E-state index >= 15 is 0 Å². The number of anilines is 2. The van der Waals surface area contributed by atoms with Gasteiger partial charge in [-0.2, -0.15) is 18.4 Å². The summed E-state index contributed by atoms with van der Waals surface area (Å²) in [5.74, 6) is -1.35. The Morgan fingerprint density at radius 1 is 1.17 bits per heavy atom. The van der Waals surface area contributed by atoms with E-state index in [1.807, 2.05) is 0 Å². The van der Waals surface area contributed by atoms with Crippen LogP contribution in [0.3, 0.4) is 0 Å². The topological polar surface area (TPSA) is 118 Å². The first kappa shape index (κ1) is 26.8. The van der Waals surface area contributed by atoms with Crippen LogP contribution in [0.25, 0.3) is 0 Å². The minimum absolute atomic E-state index is 0.0133. The summed E-state index contributed by atoms with van der Waals surface area (Å²) < 4.78 is 42.6. The molecule has 0 saturated carbocycles. The molecule has 3 aromatic rings. The summed E-state index contributed by atoms with van der Waals surface area (Å²) in [6.45, 7) is 7.66. The molecule has 0 radical (unpaired) electrons. The lowest BCUT2D eigenvalue weighted by atomic mass is 9.89. The van der Waals surface area contributed by atoms with E-state index < -0.39 is 29.4 Å². The molecule has 5 heterocycles. The number of nitriles is 1. The lowest BCUT2D eigenvalue weighted by molar-refractivity contribution is -0.953. The van der Waals surface area contributed by atoms with Crippen molar-refractivity contribution in [2.45, 2.75) is 25.7 Å². The molecule has 2 aromatic carbocycles. The van der Waals surface area contributed by atoms with Crippen LogP contribution in [0.15, 0.2) is 58.5 Å². The molecule has 4 aliphatic heterocycles. The maximum atomic E-state index is 13.6. The van der Waals surface area contributed by atoms with Crippen LogP contribution >= 0.6 is 0 Å². The molecule has 7 rings (SSSR count). The van der Waals surface area contributed by atoms with E-state index in [1.165, 1.54) is 28.5 Å². The van der Waals surface area contributed by atoms with Crippen molar-refractivity contribution in [3.8, 4) is 6.07 Å². The molecule has 0 spiro atoms. The molecule has 10 nitrogen and oxygen atoms in total. The van der Waals surface area contributed by atoms with Gasteiger partial charge in [0.2, 0.25) is 5.95 Å². The Hall–Kier alpha value is -4.41. The number of allylic oxidation sites excluding steroid dienone is 1. The van der Waals surface area contributed by atoms with Crippen LogP contribution in [0.1, 0.15) is 35.2 Å². The summed E-state index contributed by atoms with van der Waals surface area (Å²) >= 11 is 0. The van der Waals surface area contributed by atoms with Gasteiger partial charge in [-0.1, -0.05) is 12.1 Å². The number of nitrogens with one attached hydrogen (secondary N) is 1. The number of carboxylic acids is 1. The van der Waals surface area contributed by atoms with Gasteiger partial charge in [0.25, 0.3) is 0 Å². The van der Waals surface area contributed by atoms with Gasteiger partial charge in [-0.3, -0.25) is 9.80 Å². The first-order chi connectivity index (χ1) is 19.5. The zero-order valence-electron chi connectivity index (χ0n) is 22.1. The minimum atomic E-state index is -4.63. The number of alkyl halides is 3. The van der Waals surface area contributed by atoms with Gasteiger partial charge in [-0.15, -0.1) is 5.10 Å². The van der Waals surface area contributed by atoms with Crippen LogP contribution in [-0.4, -0.2) is 74.5 Å². The number of hydrogen-bond donors (Lipinski definition) is 2. The monoisotopic (exact) mass is 566 g/mol. The van der Waals surface area contributed by atoms with E-state index in [0.717, 1.165) is 61.4 Å². The predicted octanol–water partition coefficient (Wildman–Crippen LogP) is 3.21. The summed E-state index contributed by atoms with van der Waals surface area (Å²) in [6, 6.07) is 10.5. The van der Waals surface area contributed by atoms with Gasteiger partial charge >= 0.3 is 17.8 Å². The molecule has 3 fully saturated rings. The van der Waals surface area contributed by atoms with Crippen molar-refractivity contribution in [1.29, 1.82) is 5.26 Å². The Morgan fingerprint density at radius 2 is 1.88 bits per heavy atom. The third kappa shape index (κ3) is 4.49. The zero-order valence-corrected chi connectivity index (χ0v) is 22.1. The van der Waals surface area contributed by atoms with E-state index in [2.05, 4.69) is 21.2 Å². The third-order valence-electron chi connectivity index (χ3n) is 8.55. The lowest BCUT2D eigenvalue weighted by Gasteiger charge is -2.51. The van der Waals surface area contributed by atoms with Crippen molar-refractivity contribution in [3.63, 3.8) is 0 Å². The van der Waals surface area contributed by atoms with Crippen molar-refractivity contribution in [1.82, 2.24) is 19.7 Å². The van der Waals surface area contributed by atoms with Crippen LogP contribution in [0.5, 0.6) is 0 Å². The van der Waals surface area contributed by atoms with Gasteiger partial charge in [0, 0.05) is 36.6 Å². The first-order valence-electron chi connectivity index (χ1n) is 13.2. The number of hydrogen-bond acceptors (Lipinski definition) is 6. The number of rotatable bonds is 5. The smallest absolute Gasteiger partial charge is 0.416 e. The zero-order chi connectivity index (χ0) is 29.1. The summed E-state index contributed by atoms with van der Waals surface area (Å²) in [7, 11) is 0. The van der Waals surface area contributed by atoms with E-state index in [-0.39, 0.29) is 22.9 Å². The Morgan fingerprint density at radius 3 is 2.51 bits per heavy atom. The first-order valence-corrected chi connectivity index (χ1v) is 13.2. The van der Waals surface area contributed by atoms with Gasteiger partial charge in [0.05, 0.1) is 42.4 Å². The molecule has 41 heavy (non-hydrogen) atoms. The molecular weight excluding hydrogens is 539 g/mol. The highest BCUT2D eigenvalue weighted by Gasteiger charge is 2.43. The van der Waals surface area contributed by atoms with Gasteiger partial charge < -0.3 is 9.59 Å². The molecule has 1 atom stereocenters. The van der Waals surface area contributed by atoms with E-state index in [9.17, 15) is 33.1 Å². The quantitative estimate of drug-likeness (QED) is 0.456. The summed E-state index contributed by atoms with van der Waals surface area (Å²) in [5, 5.41) is 26.6. The van der Waals surface area contributed by atoms with Crippen LogP contribution in [0, 0.1) is 11.3 Å². The number of fused-ring (bicyclic) bond motifs is 4. The molecule has 212 valence electrons. The van der Waals surface area contributed by atoms with Crippen molar-refractivity contribution in [3.05, 3.63) is 86.5 Å². The highest BCUT2D eigenvalue weighted by Crippen LogP contribution is 2.43. The number of carbonyl (C=O) groups is 1. The van der Waals surface area contributed by atoms with Crippen molar-refractivity contribution >= 4 is 17.6 Å². The number of H-pyrrole nitrogens is 1. The molecule has 4 aliphatic rings. The average molecular weight is 567 g/mol. The van der Waals surface area contributed by atoms with E-state index in [1.54, 1.807) is 18.2 Å². The summed E-state index contributed by atoms with van der Waals surface area (Å²) in [6.07, 6.45) is -4.63. The average Bonchev–Trinajstić information content (AvgIpc) is 3.33. The number of aromatic amines is 1. The van der Waals surface area contributed by atoms with Crippen LogP contribution in [-0.2, 0) is 17.5 Å². The predicted molar refractivity (Wildman–Crippen MR) is 141 cm³/mol. The highest BCUT2D eigenvalue weighted by molar-refractivity contribution is 5.92. The van der Waals surface area contributed by atoms with Crippen molar-refractivity contribution < 1.29 is 27.6 Å². The van der Waals surface area contributed by atoms with Gasteiger partial charge in [-0.25, -0.2) is 19.3 Å². The highest BCUT2D eigenvalue weighted by atomic mass is 19.4. The molecule has 0 aliphatic carbocycles. The van der Waals surface area contributed by atoms with Crippen LogP contribution in [0.4, 0.5) is 24.8 Å². The molecule has 2 bridgehead atoms. The van der Waals surface area contributed by atoms with E-state index in [0.29, 0.717) is 17.7 Å². The van der Waals surface area contributed by atoms with E-state index in [4.69, 9.17) is 0 Å². The second-order valence-corrected chi connectivity index (χ2v) is 10.8.